The van der Waals surface area contributed by atoms with Gasteiger partial charge in [-0.1, -0.05) is 6.92 Å². The average molecular weight is 220 g/mol. The normalized spacial score (nSPS) is 19.2. The van der Waals surface area contributed by atoms with Crippen molar-refractivity contribution in [2.45, 2.75) is 32.6 Å². The van der Waals surface area contributed by atoms with Crippen molar-refractivity contribution in [3.05, 3.63) is 0 Å². The van der Waals surface area contributed by atoms with Gasteiger partial charge in [-0.05, 0) is 24.7 Å². The smallest absolute Gasteiger partial charge is 0.303 e. The predicted molar refractivity (Wildman–Crippen MR) is 52.9 cm³/mol. The van der Waals surface area contributed by atoms with Crippen LogP contribution >= 0.6 is 0 Å². The highest BCUT2D eigenvalue weighted by atomic mass is 32.2. The summed E-state index contributed by atoms with van der Waals surface area (Å²) in [5.41, 5.74) is -0.431. The molecular formula is C9H16O4S. The van der Waals surface area contributed by atoms with Crippen LogP contribution < -0.4 is 0 Å². The number of hydrogen-bond donors (Lipinski definition) is 1. The third-order valence-corrected chi connectivity index (χ3v) is 4.61. The Morgan fingerprint density at radius 3 is 2.36 bits per heavy atom. The molecule has 0 bridgehead atoms. The van der Waals surface area contributed by atoms with Gasteiger partial charge in [0.1, 0.15) is 0 Å². The molecule has 0 aliphatic heterocycles. The van der Waals surface area contributed by atoms with E-state index in [2.05, 4.69) is 0 Å². The van der Waals surface area contributed by atoms with Crippen LogP contribution in [-0.2, 0) is 14.6 Å². The summed E-state index contributed by atoms with van der Waals surface area (Å²) in [7, 11) is -3.04. The van der Waals surface area contributed by atoms with Gasteiger partial charge in [0, 0.05) is 5.75 Å². The Bertz CT molecular complexity index is 314. The van der Waals surface area contributed by atoms with Crippen molar-refractivity contribution < 1.29 is 18.3 Å². The Morgan fingerprint density at radius 2 is 2.00 bits per heavy atom. The quantitative estimate of drug-likeness (QED) is 0.726. The zero-order valence-corrected chi connectivity index (χ0v) is 9.14. The molecule has 0 amide bonds. The summed E-state index contributed by atoms with van der Waals surface area (Å²) in [6, 6.07) is 0. The molecule has 1 aliphatic carbocycles. The summed E-state index contributed by atoms with van der Waals surface area (Å²) in [6.45, 7) is 1.81. The second-order valence-corrected chi connectivity index (χ2v) is 6.35. The summed E-state index contributed by atoms with van der Waals surface area (Å²) >= 11 is 0. The zero-order valence-electron chi connectivity index (χ0n) is 8.32. The molecule has 0 aromatic heterocycles. The fraction of sp³-hybridized carbons (Fsp3) is 0.889. The van der Waals surface area contributed by atoms with Crippen LogP contribution in [-0.4, -0.2) is 31.0 Å². The fourth-order valence-corrected chi connectivity index (χ4v) is 3.81. The molecule has 1 N–H and O–H groups in total. The first-order valence-corrected chi connectivity index (χ1v) is 6.63. The van der Waals surface area contributed by atoms with Crippen molar-refractivity contribution in [2.75, 3.05) is 11.5 Å². The van der Waals surface area contributed by atoms with Crippen LogP contribution in [0.25, 0.3) is 0 Å². The maximum Gasteiger partial charge on any atom is 0.303 e. The van der Waals surface area contributed by atoms with Crippen LogP contribution in [0.2, 0.25) is 0 Å². The SMILES string of the molecule is CCCS(=O)(=O)CC1(CC(=O)O)CC1. The van der Waals surface area contributed by atoms with Crippen LogP contribution in [0.5, 0.6) is 0 Å². The Hall–Kier alpha value is -0.580. The molecule has 5 heteroatoms. The van der Waals surface area contributed by atoms with Gasteiger partial charge >= 0.3 is 5.97 Å². The van der Waals surface area contributed by atoms with Crippen LogP contribution in [0.3, 0.4) is 0 Å². The summed E-state index contributed by atoms with van der Waals surface area (Å²) in [5.74, 6) is -0.664. The van der Waals surface area contributed by atoms with Crippen molar-refractivity contribution in [3.8, 4) is 0 Å². The lowest BCUT2D eigenvalue weighted by molar-refractivity contribution is -0.138. The number of carboxylic acids is 1. The molecule has 82 valence electrons. The Kier molecular flexibility index (Phi) is 3.19. The largest absolute Gasteiger partial charge is 0.481 e. The first kappa shape index (κ1) is 11.5. The van der Waals surface area contributed by atoms with Crippen molar-refractivity contribution in [1.82, 2.24) is 0 Å². The molecule has 1 fully saturated rings. The molecule has 1 saturated carbocycles. The highest BCUT2D eigenvalue weighted by Crippen LogP contribution is 2.49. The summed E-state index contributed by atoms with van der Waals surface area (Å²) in [4.78, 5) is 10.5. The fourth-order valence-electron chi connectivity index (χ4n) is 1.72. The van der Waals surface area contributed by atoms with E-state index in [0.717, 1.165) is 12.8 Å². The number of sulfone groups is 1. The molecular weight excluding hydrogens is 204 g/mol. The van der Waals surface area contributed by atoms with E-state index in [0.29, 0.717) is 6.42 Å². The molecule has 1 rings (SSSR count). The predicted octanol–water partition coefficient (Wildman–Crippen LogP) is 1.07. The number of aliphatic carboxylic acids is 1. The number of hydrogen-bond acceptors (Lipinski definition) is 3. The van der Waals surface area contributed by atoms with Gasteiger partial charge in [-0.25, -0.2) is 8.42 Å². The van der Waals surface area contributed by atoms with Crippen LogP contribution in [0, 0.1) is 5.41 Å². The molecule has 14 heavy (non-hydrogen) atoms. The van der Waals surface area contributed by atoms with Gasteiger partial charge < -0.3 is 5.11 Å². The lowest BCUT2D eigenvalue weighted by atomic mass is 10.1. The van der Waals surface area contributed by atoms with Gasteiger partial charge in [0.25, 0.3) is 0 Å². The molecule has 0 aromatic carbocycles. The maximum atomic E-state index is 11.5. The second-order valence-electron chi connectivity index (χ2n) is 4.16. The van der Waals surface area contributed by atoms with Crippen molar-refractivity contribution in [2.24, 2.45) is 5.41 Å². The van der Waals surface area contributed by atoms with Crippen LogP contribution in [0.4, 0.5) is 0 Å². The molecule has 0 spiro atoms. The zero-order chi connectivity index (χ0) is 10.8. The lowest BCUT2D eigenvalue weighted by Gasteiger charge is -2.11. The van der Waals surface area contributed by atoms with Gasteiger partial charge in [-0.3, -0.25) is 4.79 Å². The third kappa shape index (κ3) is 3.29. The molecule has 0 atom stereocenters. The molecule has 0 saturated heterocycles. The van der Waals surface area contributed by atoms with E-state index in [-0.39, 0.29) is 17.9 Å². The van der Waals surface area contributed by atoms with E-state index in [9.17, 15) is 13.2 Å². The Balaban J connectivity index is 2.55. The molecule has 0 radical (unpaired) electrons. The topological polar surface area (TPSA) is 71.4 Å². The number of carbonyl (C=O) groups is 1. The lowest BCUT2D eigenvalue weighted by Crippen LogP contribution is -2.22. The highest BCUT2D eigenvalue weighted by molar-refractivity contribution is 7.91. The highest BCUT2D eigenvalue weighted by Gasteiger charge is 2.47. The van der Waals surface area contributed by atoms with Gasteiger partial charge in [0.15, 0.2) is 9.84 Å². The average Bonchev–Trinajstić information content (AvgIpc) is 2.64. The molecule has 0 heterocycles. The van der Waals surface area contributed by atoms with E-state index >= 15 is 0 Å². The van der Waals surface area contributed by atoms with Crippen LogP contribution in [0.1, 0.15) is 32.6 Å². The van der Waals surface area contributed by atoms with Crippen molar-refractivity contribution in [3.63, 3.8) is 0 Å². The van der Waals surface area contributed by atoms with Gasteiger partial charge in [0.05, 0.1) is 12.2 Å². The molecule has 4 nitrogen and oxygen atoms in total. The Labute approximate surface area is 84.2 Å². The summed E-state index contributed by atoms with van der Waals surface area (Å²) < 4.78 is 22.9. The van der Waals surface area contributed by atoms with Crippen LogP contribution in [0.15, 0.2) is 0 Å². The van der Waals surface area contributed by atoms with Gasteiger partial charge in [-0.2, -0.15) is 0 Å². The third-order valence-electron chi connectivity index (χ3n) is 2.52. The standard InChI is InChI=1S/C9H16O4S/c1-2-5-14(12,13)7-9(3-4-9)6-8(10)11/h2-7H2,1H3,(H,10,11). The molecule has 0 unspecified atom stereocenters. The van der Waals surface area contributed by atoms with E-state index in [1.165, 1.54) is 0 Å². The van der Waals surface area contributed by atoms with E-state index < -0.39 is 21.2 Å². The number of carboxylic acid groups (broad SMARTS) is 1. The van der Waals surface area contributed by atoms with E-state index in [4.69, 9.17) is 5.11 Å². The van der Waals surface area contributed by atoms with E-state index in [1.807, 2.05) is 6.92 Å². The van der Waals surface area contributed by atoms with E-state index in [1.54, 1.807) is 0 Å². The first-order valence-electron chi connectivity index (χ1n) is 4.81. The molecule has 0 aromatic rings. The van der Waals surface area contributed by atoms with Crippen molar-refractivity contribution >= 4 is 15.8 Å². The van der Waals surface area contributed by atoms with Crippen molar-refractivity contribution in [1.29, 1.82) is 0 Å². The maximum absolute atomic E-state index is 11.5. The first-order chi connectivity index (χ1) is 6.39. The van der Waals surface area contributed by atoms with Gasteiger partial charge in [-0.15, -0.1) is 0 Å². The summed E-state index contributed by atoms with van der Waals surface area (Å²) in [5, 5.41) is 8.62. The minimum absolute atomic E-state index is 0.00402. The second kappa shape index (κ2) is 3.88. The minimum atomic E-state index is -3.04. The van der Waals surface area contributed by atoms with Gasteiger partial charge in [0.2, 0.25) is 0 Å². The Morgan fingerprint density at radius 1 is 1.43 bits per heavy atom. The summed E-state index contributed by atoms with van der Waals surface area (Å²) in [6.07, 6.45) is 2.08. The minimum Gasteiger partial charge on any atom is -0.481 e. The molecule has 1 aliphatic rings. The number of rotatable bonds is 6. The monoisotopic (exact) mass is 220 g/mol.